The van der Waals surface area contributed by atoms with Gasteiger partial charge in [-0.05, 0) is 39.3 Å². The Labute approximate surface area is 123 Å². The van der Waals surface area contributed by atoms with Crippen LogP contribution in [-0.2, 0) is 4.79 Å². The molecule has 0 aliphatic heterocycles. The van der Waals surface area contributed by atoms with Gasteiger partial charge in [0, 0.05) is 12.6 Å². The van der Waals surface area contributed by atoms with Gasteiger partial charge in [0.2, 0.25) is 5.91 Å². The van der Waals surface area contributed by atoms with Crippen LogP contribution in [0.3, 0.4) is 0 Å². The number of nitrogens with one attached hydrogen (secondary N) is 1. The first-order valence-electron chi connectivity index (χ1n) is 7.81. The zero-order chi connectivity index (χ0) is 15.4. The molecule has 118 valence electrons. The highest BCUT2D eigenvalue weighted by atomic mass is 16.3. The molecule has 1 aliphatic carbocycles. The molecule has 0 heterocycles. The number of amides is 1. The van der Waals surface area contributed by atoms with Gasteiger partial charge in [0.25, 0.3) is 0 Å². The highest BCUT2D eigenvalue weighted by Crippen LogP contribution is 2.31. The lowest BCUT2D eigenvalue weighted by Gasteiger charge is -2.36. The van der Waals surface area contributed by atoms with Crippen LogP contribution in [0.2, 0.25) is 0 Å². The molecule has 0 radical (unpaired) electrons. The lowest BCUT2D eigenvalue weighted by molar-refractivity contribution is -0.128. The maximum atomic E-state index is 12.2. The van der Waals surface area contributed by atoms with Crippen molar-refractivity contribution in [1.29, 1.82) is 0 Å². The van der Waals surface area contributed by atoms with Crippen molar-refractivity contribution in [1.82, 2.24) is 10.2 Å². The smallest absolute Gasteiger partial charge is 0.223 e. The van der Waals surface area contributed by atoms with E-state index in [1.807, 2.05) is 21.0 Å². The van der Waals surface area contributed by atoms with Gasteiger partial charge in [0.15, 0.2) is 0 Å². The maximum Gasteiger partial charge on any atom is 0.223 e. The molecule has 4 heteroatoms. The molecular weight excluding hydrogens is 252 g/mol. The Bertz CT molecular complexity index is 320. The molecule has 0 saturated heterocycles. The zero-order valence-electron chi connectivity index (χ0n) is 13.8. The monoisotopic (exact) mass is 284 g/mol. The fourth-order valence-corrected chi connectivity index (χ4v) is 3.13. The lowest BCUT2D eigenvalue weighted by Crippen LogP contribution is -2.49. The molecule has 0 aromatic carbocycles. The van der Waals surface area contributed by atoms with E-state index in [4.69, 9.17) is 0 Å². The summed E-state index contributed by atoms with van der Waals surface area (Å²) < 4.78 is 0. The molecule has 0 aromatic heterocycles. The summed E-state index contributed by atoms with van der Waals surface area (Å²) in [6.45, 7) is 7.28. The topological polar surface area (TPSA) is 52.6 Å². The van der Waals surface area contributed by atoms with Crippen LogP contribution in [-0.4, -0.2) is 48.2 Å². The second-order valence-electron chi connectivity index (χ2n) is 7.48. The normalized spacial score (nSPS) is 20.8. The molecule has 0 aromatic rings. The molecule has 2 N–H and O–H groups in total. The summed E-state index contributed by atoms with van der Waals surface area (Å²) in [5, 5.41) is 13.5. The fraction of sp³-hybridized carbons (Fsp3) is 0.938. The SMILES string of the molecule is CC(NC(=O)CC1(O)CCCCC1)C(C)(C)CN(C)C. The number of carbonyl (C=O) groups excluding carboxylic acids is 1. The van der Waals surface area contributed by atoms with Gasteiger partial charge < -0.3 is 15.3 Å². The molecule has 1 amide bonds. The van der Waals surface area contributed by atoms with E-state index in [1.54, 1.807) is 0 Å². The first-order valence-corrected chi connectivity index (χ1v) is 7.81. The van der Waals surface area contributed by atoms with E-state index >= 15 is 0 Å². The summed E-state index contributed by atoms with van der Waals surface area (Å²) in [6, 6.07) is 0.0876. The molecule has 1 aliphatic rings. The van der Waals surface area contributed by atoms with Gasteiger partial charge in [-0.2, -0.15) is 0 Å². The number of carbonyl (C=O) groups is 1. The van der Waals surface area contributed by atoms with Crippen LogP contribution >= 0.6 is 0 Å². The Morgan fingerprint density at radius 2 is 1.85 bits per heavy atom. The highest BCUT2D eigenvalue weighted by Gasteiger charge is 2.34. The van der Waals surface area contributed by atoms with Gasteiger partial charge >= 0.3 is 0 Å². The molecule has 4 nitrogen and oxygen atoms in total. The van der Waals surface area contributed by atoms with Crippen LogP contribution in [0.4, 0.5) is 0 Å². The van der Waals surface area contributed by atoms with E-state index in [2.05, 4.69) is 24.1 Å². The average Bonchev–Trinajstić information content (AvgIpc) is 2.26. The van der Waals surface area contributed by atoms with Gasteiger partial charge in [0.05, 0.1) is 12.0 Å². The van der Waals surface area contributed by atoms with Crippen molar-refractivity contribution in [3.05, 3.63) is 0 Å². The van der Waals surface area contributed by atoms with Crippen molar-refractivity contribution in [2.75, 3.05) is 20.6 Å². The van der Waals surface area contributed by atoms with E-state index in [-0.39, 0.29) is 23.8 Å². The number of hydrogen-bond acceptors (Lipinski definition) is 3. The summed E-state index contributed by atoms with van der Waals surface area (Å²) in [5.74, 6) is -0.0197. The molecule has 1 rings (SSSR count). The summed E-state index contributed by atoms with van der Waals surface area (Å²) >= 11 is 0. The van der Waals surface area contributed by atoms with E-state index in [1.165, 1.54) is 6.42 Å². The molecule has 1 fully saturated rings. The van der Waals surface area contributed by atoms with Crippen LogP contribution in [0.5, 0.6) is 0 Å². The van der Waals surface area contributed by atoms with Crippen molar-refractivity contribution in [2.24, 2.45) is 5.41 Å². The standard InChI is InChI=1S/C16H32N2O2/c1-13(15(2,3)12-18(4)5)17-14(19)11-16(20)9-7-6-8-10-16/h13,20H,6-12H2,1-5H3,(H,17,19). The quantitative estimate of drug-likeness (QED) is 0.786. The van der Waals surface area contributed by atoms with Crippen molar-refractivity contribution < 1.29 is 9.90 Å². The lowest BCUT2D eigenvalue weighted by atomic mass is 9.81. The molecular formula is C16H32N2O2. The predicted molar refractivity (Wildman–Crippen MR) is 82.6 cm³/mol. The molecule has 1 unspecified atom stereocenters. The average molecular weight is 284 g/mol. The van der Waals surface area contributed by atoms with E-state index in [0.29, 0.717) is 0 Å². The van der Waals surface area contributed by atoms with Crippen LogP contribution in [0, 0.1) is 5.41 Å². The Kier molecular flexibility index (Phi) is 6.02. The van der Waals surface area contributed by atoms with Crippen molar-refractivity contribution in [3.63, 3.8) is 0 Å². The summed E-state index contributed by atoms with van der Waals surface area (Å²) in [4.78, 5) is 14.3. The minimum atomic E-state index is -0.770. The largest absolute Gasteiger partial charge is 0.389 e. The van der Waals surface area contributed by atoms with Crippen molar-refractivity contribution in [2.45, 2.75) is 70.9 Å². The van der Waals surface area contributed by atoms with Crippen LogP contribution in [0.1, 0.15) is 59.3 Å². The Morgan fingerprint density at radius 1 is 1.30 bits per heavy atom. The summed E-state index contributed by atoms with van der Waals surface area (Å²) in [6.07, 6.45) is 5.01. The van der Waals surface area contributed by atoms with Crippen LogP contribution in [0.25, 0.3) is 0 Å². The first kappa shape index (κ1) is 17.4. The second kappa shape index (κ2) is 6.90. The van der Waals surface area contributed by atoms with E-state index < -0.39 is 5.60 Å². The number of nitrogens with zero attached hydrogens (tertiary/aromatic N) is 1. The molecule has 0 spiro atoms. The third kappa shape index (κ3) is 5.41. The highest BCUT2D eigenvalue weighted by molar-refractivity contribution is 5.77. The Hall–Kier alpha value is -0.610. The molecule has 0 bridgehead atoms. The molecule has 1 saturated carbocycles. The number of aliphatic hydroxyl groups is 1. The number of hydrogen-bond donors (Lipinski definition) is 2. The minimum Gasteiger partial charge on any atom is -0.389 e. The van der Waals surface area contributed by atoms with Crippen LogP contribution < -0.4 is 5.32 Å². The third-order valence-corrected chi connectivity index (χ3v) is 4.55. The van der Waals surface area contributed by atoms with Gasteiger partial charge in [0.1, 0.15) is 0 Å². The summed E-state index contributed by atoms with van der Waals surface area (Å²) in [7, 11) is 4.09. The van der Waals surface area contributed by atoms with Gasteiger partial charge in [-0.3, -0.25) is 4.79 Å². The maximum absolute atomic E-state index is 12.2. The van der Waals surface area contributed by atoms with E-state index in [0.717, 1.165) is 32.2 Å². The Balaban J connectivity index is 2.48. The van der Waals surface area contributed by atoms with Gasteiger partial charge in [-0.1, -0.05) is 33.1 Å². The summed E-state index contributed by atoms with van der Waals surface area (Å²) in [5.41, 5.74) is -0.762. The van der Waals surface area contributed by atoms with Crippen molar-refractivity contribution in [3.8, 4) is 0 Å². The fourth-order valence-electron chi connectivity index (χ4n) is 3.13. The Morgan fingerprint density at radius 3 is 2.35 bits per heavy atom. The second-order valence-corrected chi connectivity index (χ2v) is 7.48. The minimum absolute atomic E-state index is 0.00828. The van der Waals surface area contributed by atoms with Crippen molar-refractivity contribution >= 4 is 5.91 Å². The van der Waals surface area contributed by atoms with Gasteiger partial charge in [-0.15, -0.1) is 0 Å². The molecule has 20 heavy (non-hydrogen) atoms. The third-order valence-electron chi connectivity index (χ3n) is 4.55. The number of rotatable bonds is 6. The predicted octanol–water partition coefficient (Wildman–Crippen LogP) is 2.16. The van der Waals surface area contributed by atoms with Crippen LogP contribution in [0.15, 0.2) is 0 Å². The zero-order valence-corrected chi connectivity index (χ0v) is 13.8. The van der Waals surface area contributed by atoms with Gasteiger partial charge in [-0.25, -0.2) is 0 Å². The van der Waals surface area contributed by atoms with E-state index in [9.17, 15) is 9.90 Å². The molecule has 1 atom stereocenters. The first-order chi connectivity index (χ1) is 9.15.